The standard InChI is InChI=1S/C23H25N3O4S/c1-5-29-21(28)17-8-6-7-9-18(17)24-19(27)14-31-22-26-25-20(30-22)15-10-12-16(13-11-15)23(2,3)4/h6-13H,5,14H2,1-4H3,(H,24,27). The Balaban J connectivity index is 1.60. The van der Waals surface area contributed by atoms with Crippen molar-refractivity contribution >= 4 is 29.3 Å². The molecule has 8 heteroatoms. The Morgan fingerprint density at radius 1 is 1.06 bits per heavy atom. The molecule has 2 aromatic carbocycles. The first-order valence-corrected chi connectivity index (χ1v) is 10.9. The van der Waals surface area contributed by atoms with Crippen LogP contribution in [0, 0.1) is 0 Å². The third-order valence-corrected chi connectivity index (χ3v) is 5.25. The summed E-state index contributed by atoms with van der Waals surface area (Å²) in [5, 5.41) is 11.1. The van der Waals surface area contributed by atoms with Gasteiger partial charge in [0.1, 0.15) is 0 Å². The predicted molar refractivity (Wildman–Crippen MR) is 120 cm³/mol. The Kier molecular flexibility index (Phi) is 7.12. The van der Waals surface area contributed by atoms with Crippen molar-refractivity contribution in [2.75, 3.05) is 17.7 Å². The van der Waals surface area contributed by atoms with Crippen molar-refractivity contribution in [3.05, 3.63) is 59.7 Å². The van der Waals surface area contributed by atoms with Crippen molar-refractivity contribution in [3.8, 4) is 11.5 Å². The van der Waals surface area contributed by atoms with Crippen molar-refractivity contribution in [1.29, 1.82) is 0 Å². The van der Waals surface area contributed by atoms with E-state index in [-0.39, 0.29) is 23.7 Å². The molecule has 1 amide bonds. The highest BCUT2D eigenvalue weighted by Crippen LogP contribution is 2.27. The number of amides is 1. The maximum absolute atomic E-state index is 12.4. The molecule has 0 aliphatic carbocycles. The van der Waals surface area contributed by atoms with Crippen molar-refractivity contribution in [1.82, 2.24) is 10.2 Å². The maximum atomic E-state index is 12.4. The van der Waals surface area contributed by atoms with Crippen LogP contribution in [0.2, 0.25) is 0 Å². The summed E-state index contributed by atoms with van der Waals surface area (Å²) in [6, 6.07) is 14.7. The second kappa shape index (κ2) is 9.78. The van der Waals surface area contributed by atoms with Crippen molar-refractivity contribution < 1.29 is 18.7 Å². The number of anilines is 1. The number of esters is 1. The Labute approximate surface area is 185 Å². The molecule has 3 aromatic rings. The molecule has 7 nitrogen and oxygen atoms in total. The number of rotatable bonds is 7. The zero-order valence-corrected chi connectivity index (χ0v) is 18.8. The lowest BCUT2D eigenvalue weighted by atomic mass is 9.87. The van der Waals surface area contributed by atoms with Gasteiger partial charge in [0.25, 0.3) is 5.22 Å². The average molecular weight is 440 g/mol. The van der Waals surface area contributed by atoms with Crippen molar-refractivity contribution in [3.63, 3.8) is 0 Å². The Morgan fingerprint density at radius 2 is 1.77 bits per heavy atom. The number of benzene rings is 2. The quantitative estimate of drug-likeness (QED) is 0.411. The molecule has 3 rings (SSSR count). The number of nitrogens with zero attached hydrogens (tertiary/aromatic N) is 2. The normalized spacial score (nSPS) is 11.2. The van der Waals surface area contributed by atoms with Crippen LogP contribution >= 0.6 is 11.8 Å². The molecule has 0 radical (unpaired) electrons. The molecule has 1 aromatic heterocycles. The SMILES string of the molecule is CCOC(=O)c1ccccc1NC(=O)CSc1nnc(-c2ccc(C(C)(C)C)cc2)o1. The molecule has 31 heavy (non-hydrogen) atoms. The van der Waals surface area contributed by atoms with Gasteiger partial charge in [-0.25, -0.2) is 4.79 Å². The fourth-order valence-corrected chi connectivity index (χ4v) is 3.35. The van der Waals surface area contributed by atoms with Gasteiger partial charge in [0, 0.05) is 5.56 Å². The topological polar surface area (TPSA) is 94.3 Å². The number of carbonyl (C=O) groups is 2. The molecule has 0 aliphatic heterocycles. The highest BCUT2D eigenvalue weighted by molar-refractivity contribution is 7.99. The van der Waals surface area contributed by atoms with Crippen molar-refractivity contribution in [2.45, 2.75) is 38.3 Å². The van der Waals surface area contributed by atoms with Gasteiger partial charge in [-0.15, -0.1) is 10.2 Å². The van der Waals surface area contributed by atoms with Gasteiger partial charge in [0.05, 0.1) is 23.6 Å². The van der Waals surface area contributed by atoms with Crippen LogP contribution in [0.1, 0.15) is 43.6 Å². The second-order valence-electron chi connectivity index (χ2n) is 7.80. The first-order chi connectivity index (χ1) is 14.8. The van der Waals surface area contributed by atoms with Crippen LogP contribution < -0.4 is 5.32 Å². The van der Waals surface area contributed by atoms with Gasteiger partial charge >= 0.3 is 5.97 Å². The molecule has 1 N–H and O–H groups in total. The molecule has 0 unspecified atom stereocenters. The highest BCUT2D eigenvalue weighted by Gasteiger charge is 2.17. The van der Waals surface area contributed by atoms with E-state index in [1.165, 1.54) is 5.56 Å². The molecule has 0 fully saturated rings. The fourth-order valence-electron chi connectivity index (χ4n) is 2.79. The molecule has 0 aliphatic rings. The van der Waals surface area contributed by atoms with E-state index in [1.807, 2.05) is 24.3 Å². The summed E-state index contributed by atoms with van der Waals surface area (Å²) >= 11 is 1.13. The van der Waals surface area contributed by atoms with Crippen LogP contribution in [0.5, 0.6) is 0 Å². The summed E-state index contributed by atoms with van der Waals surface area (Å²) < 4.78 is 10.7. The minimum atomic E-state index is -0.481. The van der Waals surface area contributed by atoms with Crippen LogP contribution in [-0.4, -0.2) is 34.4 Å². The molecular formula is C23H25N3O4S. The van der Waals surface area contributed by atoms with E-state index in [1.54, 1.807) is 31.2 Å². The third kappa shape index (κ3) is 5.95. The van der Waals surface area contributed by atoms with Gasteiger partial charge < -0.3 is 14.5 Å². The molecule has 0 saturated heterocycles. The maximum Gasteiger partial charge on any atom is 0.340 e. The first-order valence-electron chi connectivity index (χ1n) is 9.91. The summed E-state index contributed by atoms with van der Waals surface area (Å²) in [6.07, 6.45) is 0. The van der Waals surface area contributed by atoms with Crippen LogP contribution in [0.15, 0.2) is 58.2 Å². The Hall–Kier alpha value is -3.13. The molecule has 0 spiro atoms. The average Bonchev–Trinajstić information content (AvgIpc) is 3.21. The van der Waals surface area contributed by atoms with Crippen LogP contribution in [0.4, 0.5) is 5.69 Å². The van der Waals surface area contributed by atoms with E-state index in [4.69, 9.17) is 9.15 Å². The molecule has 1 heterocycles. The largest absolute Gasteiger partial charge is 0.462 e. The molecule has 0 atom stereocenters. The number of aromatic nitrogens is 2. The van der Waals surface area contributed by atoms with E-state index in [2.05, 4.69) is 36.3 Å². The lowest BCUT2D eigenvalue weighted by Gasteiger charge is -2.18. The van der Waals surface area contributed by atoms with Crippen LogP contribution in [0.3, 0.4) is 0 Å². The number of hydrogen-bond donors (Lipinski definition) is 1. The second-order valence-corrected chi connectivity index (χ2v) is 8.73. The van der Waals surface area contributed by atoms with E-state index in [9.17, 15) is 9.59 Å². The van der Waals surface area contributed by atoms with E-state index < -0.39 is 5.97 Å². The van der Waals surface area contributed by atoms with Gasteiger partial charge in [0.15, 0.2) is 0 Å². The number of nitrogens with one attached hydrogen (secondary N) is 1. The van der Waals surface area contributed by atoms with Crippen molar-refractivity contribution in [2.24, 2.45) is 0 Å². The Bertz CT molecular complexity index is 1060. The molecule has 0 saturated carbocycles. The predicted octanol–water partition coefficient (Wildman–Crippen LogP) is 4.94. The number of ether oxygens (including phenoxy) is 1. The minimum absolute atomic E-state index is 0.0573. The van der Waals surface area contributed by atoms with E-state index in [0.29, 0.717) is 22.4 Å². The fraction of sp³-hybridized carbons (Fsp3) is 0.304. The van der Waals surface area contributed by atoms with Crippen LogP contribution in [-0.2, 0) is 14.9 Å². The molecule has 0 bridgehead atoms. The van der Waals surface area contributed by atoms with Gasteiger partial charge in [-0.1, -0.05) is 56.8 Å². The van der Waals surface area contributed by atoms with Gasteiger partial charge in [-0.2, -0.15) is 0 Å². The summed E-state index contributed by atoms with van der Waals surface area (Å²) in [6.45, 7) is 8.45. The summed E-state index contributed by atoms with van der Waals surface area (Å²) in [5.41, 5.74) is 2.80. The van der Waals surface area contributed by atoms with Gasteiger partial charge in [0.2, 0.25) is 11.8 Å². The smallest absolute Gasteiger partial charge is 0.340 e. The number of para-hydroxylation sites is 1. The number of hydrogen-bond acceptors (Lipinski definition) is 7. The molecular weight excluding hydrogens is 414 g/mol. The third-order valence-electron chi connectivity index (χ3n) is 4.43. The zero-order valence-electron chi connectivity index (χ0n) is 18.0. The zero-order chi connectivity index (χ0) is 22.4. The monoisotopic (exact) mass is 439 g/mol. The van der Waals surface area contributed by atoms with E-state index >= 15 is 0 Å². The van der Waals surface area contributed by atoms with Crippen LogP contribution in [0.25, 0.3) is 11.5 Å². The summed E-state index contributed by atoms with van der Waals surface area (Å²) in [5.74, 6) is -0.320. The molecule has 162 valence electrons. The number of carbonyl (C=O) groups excluding carboxylic acids is 2. The lowest BCUT2D eigenvalue weighted by Crippen LogP contribution is -2.17. The van der Waals surface area contributed by atoms with E-state index in [0.717, 1.165) is 17.3 Å². The van der Waals surface area contributed by atoms with Gasteiger partial charge in [-0.05, 0) is 42.2 Å². The first kappa shape index (κ1) is 22.6. The highest BCUT2D eigenvalue weighted by atomic mass is 32.2. The Morgan fingerprint density at radius 3 is 2.45 bits per heavy atom. The lowest BCUT2D eigenvalue weighted by molar-refractivity contribution is -0.113. The summed E-state index contributed by atoms with van der Waals surface area (Å²) in [7, 11) is 0. The minimum Gasteiger partial charge on any atom is -0.462 e. The summed E-state index contributed by atoms with van der Waals surface area (Å²) in [4.78, 5) is 24.4. The number of thioether (sulfide) groups is 1. The van der Waals surface area contributed by atoms with Gasteiger partial charge in [-0.3, -0.25) is 4.79 Å².